The molecule has 0 radical (unpaired) electrons. The first-order chi connectivity index (χ1) is 18.2. The molecule has 0 saturated carbocycles. The summed E-state index contributed by atoms with van der Waals surface area (Å²) in [5, 5.41) is 10.4. The molecule has 1 aromatic heterocycles. The monoisotopic (exact) mass is 531 g/mol. The van der Waals surface area contributed by atoms with Crippen molar-refractivity contribution in [1.82, 2.24) is 24.6 Å². The van der Waals surface area contributed by atoms with Gasteiger partial charge in [-0.25, -0.2) is 0 Å². The number of piperazine rings is 1. The number of amides is 1. The zero-order chi connectivity index (χ0) is 25.5. The maximum atomic E-state index is 12.8. The van der Waals surface area contributed by atoms with Crippen molar-refractivity contribution in [2.24, 2.45) is 0 Å². The van der Waals surface area contributed by atoms with E-state index in [0.717, 1.165) is 61.3 Å². The third-order valence-electron chi connectivity index (χ3n) is 6.50. The Morgan fingerprint density at radius 2 is 1.51 bits per heavy atom. The lowest BCUT2D eigenvalue weighted by Gasteiger charge is -2.34. The molecule has 1 amide bonds. The molecule has 0 atom stereocenters. The van der Waals surface area contributed by atoms with E-state index in [0.29, 0.717) is 17.3 Å². The molecule has 0 bridgehead atoms. The van der Waals surface area contributed by atoms with E-state index in [4.69, 9.17) is 11.6 Å². The SMILES string of the molecule is O=C(CCCSc1nnc(-c2ccccc2Cl)n1-c1ccccc1)N1CCN(Cc2ccccc2)CC1. The first-order valence-electron chi connectivity index (χ1n) is 12.6. The minimum atomic E-state index is 0.237. The number of thioether (sulfide) groups is 1. The highest BCUT2D eigenvalue weighted by molar-refractivity contribution is 7.99. The highest BCUT2D eigenvalue weighted by Gasteiger charge is 2.21. The molecule has 1 fully saturated rings. The van der Waals surface area contributed by atoms with E-state index in [1.165, 1.54) is 5.56 Å². The molecule has 3 aromatic carbocycles. The fraction of sp³-hybridized carbons (Fsp3) is 0.276. The second-order valence-electron chi connectivity index (χ2n) is 9.05. The number of para-hydroxylation sites is 1. The predicted octanol–water partition coefficient (Wildman–Crippen LogP) is 5.80. The first kappa shape index (κ1) is 25.5. The van der Waals surface area contributed by atoms with Crippen molar-refractivity contribution < 1.29 is 4.79 Å². The Bertz CT molecular complexity index is 1310. The molecule has 1 aliphatic rings. The lowest BCUT2D eigenvalue weighted by Crippen LogP contribution is -2.48. The topological polar surface area (TPSA) is 54.3 Å². The van der Waals surface area contributed by atoms with Crippen molar-refractivity contribution in [3.8, 4) is 17.1 Å². The van der Waals surface area contributed by atoms with Gasteiger partial charge in [0.25, 0.3) is 0 Å². The van der Waals surface area contributed by atoms with Crippen molar-refractivity contribution in [2.45, 2.75) is 24.5 Å². The number of rotatable bonds is 9. The summed E-state index contributed by atoms with van der Waals surface area (Å²) >= 11 is 8.10. The van der Waals surface area contributed by atoms with Gasteiger partial charge >= 0.3 is 0 Å². The van der Waals surface area contributed by atoms with Crippen LogP contribution in [-0.4, -0.2) is 62.4 Å². The van der Waals surface area contributed by atoms with Crippen molar-refractivity contribution in [3.05, 3.63) is 95.5 Å². The zero-order valence-electron chi connectivity index (χ0n) is 20.7. The first-order valence-corrected chi connectivity index (χ1v) is 14.0. The highest BCUT2D eigenvalue weighted by atomic mass is 35.5. The number of hydrogen-bond donors (Lipinski definition) is 0. The quantitative estimate of drug-likeness (QED) is 0.202. The fourth-order valence-corrected chi connectivity index (χ4v) is 5.64. The number of carbonyl (C=O) groups excluding carboxylic acids is 1. The number of benzene rings is 3. The lowest BCUT2D eigenvalue weighted by molar-refractivity contribution is -0.133. The van der Waals surface area contributed by atoms with Gasteiger partial charge in [0.1, 0.15) is 0 Å². The van der Waals surface area contributed by atoms with Gasteiger partial charge in [0.05, 0.1) is 5.02 Å². The van der Waals surface area contributed by atoms with E-state index in [9.17, 15) is 4.79 Å². The Kier molecular flexibility index (Phi) is 8.56. The summed E-state index contributed by atoms with van der Waals surface area (Å²) in [6, 6.07) is 28.2. The second-order valence-corrected chi connectivity index (χ2v) is 10.5. The van der Waals surface area contributed by atoms with Crippen LogP contribution in [0, 0.1) is 0 Å². The Morgan fingerprint density at radius 1 is 0.838 bits per heavy atom. The molecule has 4 aromatic rings. The maximum absolute atomic E-state index is 12.8. The molecule has 0 aliphatic carbocycles. The summed E-state index contributed by atoms with van der Waals surface area (Å²) in [5.41, 5.74) is 3.14. The van der Waals surface area contributed by atoms with Gasteiger partial charge in [0.2, 0.25) is 5.91 Å². The van der Waals surface area contributed by atoms with Crippen LogP contribution in [0.1, 0.15) is 18.4 Å². The minimum Gasteiger partial charge on any atom is -0.340 e. The Morgan fingerprint density at radius 3 is 2.24 bits per heavy atom. The van der Waals surface area contributed by atoms with Crippen molar-refractivity contribution in [3.63, 3.8) is 0 Å². The van der Waals surface area contributed by atoms with E-state index >= 15 is 0 Å². The molecular formula is C29H30ClN5OS. The van der Waals surface area contributed by atoms with Crippen LogP contribution >= 0.6 is 23.4 Å². The van der Waals surface area contributed by atoms with Gasteiger partial charge in [0.15, 0.2) is 11.0 Å². The van der Waals surface area contributed by atoms with Crippen LogP contribution in [0.4, 0.5) is 0 Å². The van der Waals surface area contributed by atoms with Crippen molar-refractivity contribution in [1.29, 1.82) is 0 Å². The van der Waals surface area contributed by atoms with Gasteiger partial charge in [-0.15, -0.1) is 10.2 Å². The summed E-state index contributed by atoms with van der Waals surface area (Å²) in [6.45, 7) is 4.36. The molecule has 5 rings (SSSR count). The molecule has 1 aliphatic heterocycles. The Balaban J connectivity index is 1.15. The predicted molar refractivity (Wildman–Crippen MR) is 150 cm³/mol. The molecule has 0 unspecified atom stereocenters. The molecule has 190 valence electrons. The molecular weight excluding hydrogens is 502 g/mol. The van der Waals surface area contributed by atoms with Crippen LogP contribution in [-0.2, 0) is 11.3 Å². The Hall–Kier alpha value is -3.13. The van der Waals surface area contributed by atoms with Crippen LogP contribution in [0.3, 0.4) is 0 Å². The number of aromatic nitrogens is 3. The van der Waals surface area contributed by atoms with Crippen LogP contribution in [0.5, 0.6) is 0 Å². The average Bonchev–Trinajstić information content (AvgIpc) is 3.36. The largest absolute Gasteiger partial charge is 0.340 e. The minimum absolute atomic E-state index is 0.237. The van der Waals surface area contributed by atoms with Crippen LogP contribution in [0.15, 0.2) is 90.1 Å². The number of carbonyl (C=O) groups is 1. The number of hydrogen-bond acceptors (Lipinski definition) is 5. The van der Waals surface area contributed by atoms with Gasteiger partial charge in [-0.1, -0.05) is 84.0 Å². The molecule has 2 heterocycles. The molecule has 0 N–H and O–H groups in total. The second kappa shape index (κ2) is 12.4. The molecule has 6 nitrogen and oxygen atoms in total. The standard InChI is InChI=1S/C29H30ClN5OS/c30-26-15-8-7-14-25(26)28-31-32-29(35(28)24-12-5-2-6-13-24)37-21-9-16-27(36)34-19-17-33(18-20-34)22-23-10-3-1-4-11-23/h1-8,10-15H,9,16-22H2. The smallest absolute Gasteiger partial charge is 0.222 e. The summed E-state index contributed by atoms with van der Waals surface area (Å²) < 4.78 is 2.04. The number of halogens is 1. The lowest BCUT2D eigenvalue weighted by atomic mass is 10.2. The molecule has 0 spiro atoms. The average molecular weight is 532 g/mol. The van der Waals surface area contributed by atoms with E-state index < -0.39 is 0 Å². The van der Waals surface area contributed by atoms with Crippen molar-refractivity contribution >= 4 is 29.3 Å². The van der Waals surface area contributed by atoms with Crippen molar-refractivity contribution in [2.75, 3.05) is 31.9 Å². The van der Waals surface area contributed by atoms with Gasteiger partial charge in [-0.2, -0.15) is 0 Å². The van der Waals surface area contributed by atoms with E-state index in [-0.39, 0.29) is 5.91 Å². The maximum Gasteiger partial charge on any atom is 0.222 e. The van der Waals surface area contributed by atoms with Crippen LogP contribution < -0.4 is 0 Å². The van der Waals surface area contributed by atoms with E-state index in [1.807, 2.05) is 70.1 Å². The number of nitrogens with zero attached hydrogens (tertiary/aromatic N) is 5. The van der Waals surface area contributed by atoms with Gasteiger partial charge < -0.3 is 4.90 Å². The summed E-state index contributed by atoms with van der Waals surface area (Å²) in [4.78, 5) is 17.3. The Labute approximate surface area is 227 Å². The van der Waals surface area contributed by atoms with Crippen LogP contribution in [0.2, 0.25) is 5.02 Å². The highest BCUT2D eigenvalue weighted by Crippen LogP contribution is 2.32. The molecule has 8 heteroatoms. The van der Waals surface area contributed by atoms with Crippen LogP contribution in [0.25, 0.3) is 17.1 Å². The van der Waals surface area contributed by atoms with Gasteiger partial charge in [-0.3, -0.25) is 14.3 Å². The fourth-order valence-electron chi connectivity index (χ4n) is 4.53. The van der Waals surface area contributed by atoms with E-state index in [2.05, 4.69) is 39.4 Å². The van der Waals surface area contributed by atoms with Gasteiger partial charge in [-0.05, 0) is 36.2 Å². The summed E-state index contributed by atoms with van der Waals surface area (Å²) in [7, 11) is 0. The summed E-state index contributed by atoms with van der Waals surface area (Å²) in [5.74, 6) is 1.73. The third kappa shape index (κ3) is 6.42. The molecule has 1 saturated heterocycles. The normalized spacial score (nSPS) is 14.1. The third-order valence-corrected chi connectivity index (χ3v) is 7.85. The van der Waals surface area contributed by atoms with Gasteiger partial charge in [0, 0.05) is 56.1 Å². The zero-order valence-corrected chi connectivity index (χ0v) is 22.2. The summed E-state index contributed by atoms with van der Waals surface area (Å²) in [6.07, 6.45) is 1.33. The molecule has 37 heavy (non-hydrogen) atoms. The van der Waals surface area contributed by atoms with E-state index in [1.54, 1.807) is 11.8 Å².